The molecule has 0 saturated heterocycles. The van der Waals surface area contributed by atoms with Crippen molar-refractivity contribution < 1.29 is 9.53 Å². The van der Waals surface area contributed by atoms with Crippen LogP contribution < -0.4 is 5.32 Å². The molecule has 0 aliphatic rings. The Labute approximate surface area is 132 Å². The highest BCUT2D eigenvalue weighted by atomic mass is 16.5. The molecule has 3 heteroatoms. The zero-order chi connectivity index (χ0) is 16.2. The highest BCUT2D eigenvalue weighted by molar-refractivity contribution is 5.95. The lowest BCUT2D eigenvalue weighted by Gasteiger charge is -2.19. The third-order valence-corrected chi connectivity index (χ3v) is 3.64. The summed E-state index contributed by atoms with van der Waals surface area (Å²) in [5.41, 5.74) is 3.98. The Morgan fingerprint density at radius 3 is 2.27 bits per heavy atom. The SMILES string of the molecule is COC(=O)c1ccccc1NCc1ccc(C(C)(C)C)cc1. The number of methoxy groups -OCH3 is 1. The smallest absolute Gasteiger partial charge is 0.339 e. The first kappa shape index (κ1) is 16.1. The zero-order valence-electron chi connectivity index (χ0n) is 13.6. The van der Waals surface area contributed by atoms with E-state index in [2.05, 4.69) is 50.4 Å². The van der Waals surface area contributed by atoms with Crippen LogP contribution >= 0.6 is 0 Å². The van der Waals surface area contributed by atoms with Crippen molar-refractivity contribution in [2.45, 2.75) is 32.7 Å². The molecule has 116 valence electrons. The molecule has 0 bridgehead atoms. The maximum atomic E-state index is 11.7. The van der Waals surface area contributed by atoms with E-state index in [0.29, 0.717) is 12.1 Å². The second-order valence-electron chi connectivity index (χ2n) is 6.34. The highest BCUT2D eigenvalue weighted by Crippen LogP contribution is 2.23. The molecule has 0 spiro atoms. The first-order chi connectivity index (χ1) is 10.4. The molecule has 2 aromatic carbocycles. The van der Waals surface area contributed by atoms with Crippen LogP contribution in [0.5, 0.6) is 0 Å². The Bertz CT molecular complexity index is 639. The Morgan fingerprint density at radius 1 is 1.05 bits per heavy atom. The summed E-state index contributed by atoms with van der Waals surface area (Å²) in [5, 5.41) is 3.30. The van der Waals surface area contributed by atoms with Crippen molar-refractivity contribution in [2.75, 3.05) is 12.4 Å². The number of benzene rings is 2. The highest BCUT2D eigenvalue weighted by Gasteiger charge is 2.13. The van der Waals surface area contributed by atoms with Crippen LogP contribution in [-0.4, -0.2) is 13.1 Å². The molecule has 0 aromatic heterocycles. The molecule has 0 saturated carbocycles. The topological polar surface area (TPSA) is 38.3 Å². The van der Waals surface area contributed by atoms with E-state index in [9.17, 15) is 4.79 Å². The summed E-state index contributed by atoms with van der Waals surface area (Å²) < 4.78 is 4.80. The van der Waals surface area contributed by atoms with Crippen LogP contribution in [0.15, 0.2) is 48.5 Å². The van der Waals surface area contributed by atoms with Crippen molar-refractivity contribution >= 4 is 11.7 Å². The molecule has 3 nitrogen and oxygen atoms in total. The predicted octanol–water partition coefficient (Wildman–Crippen LogP) is 4.38. The van der Waals surface area contributed by atoms with Gasteiger partial charge in [0.25, 0.3) is 0 Å². The van der Waals surface area contributed by atoms with Gasteiger partial charge in [0.2, 0.25) is 0 Å². The summed E-state index contributed by atoms with van der Waals surface area (Å²) in [6.45, 7) is 7.27. The first-order valence-electron chi connectivity index (χ1n) is 7.42. The number of ether oxygens (including phenoxy) is 1. The maximum absolute atomic E-state index is 11.7. The lowest BCUT2D eigenvalue weighted by atomic mass is 9.87. The minimum Gasteiger partial charge on any atom is -0.465 e. The molecule has 2 rings (SSSR count). The second-order valence-corrected chi connectivity index (χ2v) is 6.34. The zero-order valence-corrected chi connectivity index (χ0v) is 13.6. The molecule has 0 unspecified atom stereocenters. The summed E-state index contributed by atoms with van der Waals surface area (Å²) in [6.07, 6.45) is 0. The molecule has 22 heavy (non-hydrogen) atoms. The van der Waals surface area contributed by atoms with E-state index in [4.69, 9.17) is 4.74 Å². The van der Waals surface area contributed by atoms with E-state index in [1.54, 1.807) is 6.07 Å². The standard InChI is InChI=1S/C19H23NO2/c1-19(2,3)15-11-9-14(10-12-15)13-20-17-8-6-5-7-16(17)18(21)22-4/h5-12,20H,13H2,1-4H3. The minimum absolute atomic E-state index is 0.156. The normalized spacial score (nSPS) is 11.1. The quantitative estimate of drug-likeness (QED) is 0.851. The molecule has 0 aliphatic carbocycles. The number of carbonyl (C=O) groups excluding carboxylic acids is 1. The van der Waals surface area contributed by atoms with E-state index in [1.807, 2.05) is 18.2 Å². The Kier molecular flexibility index (Phi) is 4.86. The lowest BCUT2D eigenvalue weighted by molar-refractivity contribution is 0.0602. The molecule has 1 N–H and O–H groups in total. The van der Waals surface area contributed by atoms with Gasteiger partial charge < -0.3 is 10.1 Å². The number of hydrogen-bond acceptors (Lipinski definition) is 3. The number of anilines is 1. The van der Waals surface area contributed by atoms with Crippen LogP contribution in [0.2, 0.25) is 0 Å². The number of rotatable bonds is 4. The molecule has 0 heterocycles. The van der Waals surface area contributed by atoms with Crippen LogP contribution in [-0.2, 0) is 16.7 Å². The lowest BCUT2D eigenvalue weighted by Crippen LogP contribution is -2.11. The van der Waals surface area contributed by atoms with Crippen molar-refractivity contribution in [2.24, 2.45) is 0 Å². The molecule has 2 aromatic rings. The fraction of sp³-hybridized carbons (Fsp3) is 0.316. The third-order valence-electron chi connectivity index (χ3n) is 3.64. The number of esters is 1. The van der Waals surface area contributed by atoms with Gasteiger partial charge in [-0.1, -0.05) is 57.2 Å². The second kappa shape index (κ2) is 6.65. The van der Waals surface area contributed by atoms with Gasteiger partial charge in [0.05, 0.1) is 12.7 Å². The summed E-state index contributed by atoms with van der Waals surface area (Å²) in [5.74, 6) is -0.328. The molecule has 0 atom stereocenters. The van der Waals surface area contributed by atoms with E-state index < -0.39 is 0 Å². The Morgan fingerprint density at radius 2 is 1.68 bits per heavy atom. The van der Waals surface area contributed by atoms with Crippen LogP contribution in [0.1, 0.15) is 42.3 Å². The van der Waals surface area contributed by atoms with Gasteiger partial charge in [-0.05, 0) is 28.7 Å². The van der Waals surface area contributed by atoms with Crippen molar-refractivity contribution in [3.63, 3.8) is 0 Å². The van der Waals surface area contributed by atoms with E-state index in [-0.39, 0.29) is 11.4 Å². The van der Waals surface area contributed by atoms with Gasteiger partial charge in [-0.25, -0.2) is 4.79 Å². The van der Waals surface area contributed by atoms with Gasteiger partial charge in [-0.2, -0.15) is 0 Å². The van der Waals surface area contributed by atoms with E-state index in [1.165, 1.54) is 18.2 Å². The van der Waals surface area contributed by atoms with Crippen molar-refractivity contribution in [1.82, 2.24) is 0 Å². The van der Waals surface area contributed by atoms with Crippen molar-refractivity contribution in [3.05, 3.63) is 65.2 Å². The Hall–Kier alpha value is -2.29. The van der Waals surface area contributed by atoms with Crippen molar-refractivity contribution in [1.29, 1.82) is 0 Å². The Balaban J connectivity index is 2.09. The van der Waals surface area contributed by atoms with Gasteiger partial charge in [-0.3, -0.25) is 0 Å². The fourth-order valence-electron chi connectivity index (χ4n) is 2.25. The van der Waals surface area contributed by atoms with Crippen LogP contribution in [0.3, 0.4) is 0 Å². The number of nitrogens with one attached hydrogen (secondary N) is 1. The molecule has 0 fully saturated rings. The number of para-hydroxylation sites is 1. The predicted molar refractivity (Wildman–Crippen MR) is 90.3 cm³/mol. The monoisotopic (exact) mass is 297 g/mol. The van der Waals surface area contributed by atoms with Crippen LogP contribution in [0.4, 0.5) is 5.69 Å². The summed E-state index contributed by atoms with van der Waals surface area (Å²) in [6, 6.07) is 15.9. The molecule has 0 amide bonds. The molecular formula is C19H23NO2. The summed E-state index contributed by atoms with van der Waals surface area (Å²) in [4.78, 5) is 11.7. The molecular weight excluding hydrogens is 274 g/mol. The largest absolute Gasteiger partial charge is 0.465 e. The van der Waals surface area contributed by atoms with Crippen molar-refractivity contribution in [3.8, 4) is 0 Å². The first-order valence-corrected chi connectivity index (χ1v) is 7.42. The fourth-order valence-corrected chi connectivity index (χ4v) is 2.25. The van der Waals surface area contributed by atoms with Gasteiger partial charge in [0, 0.05) is 12.2 Å². The third kappa shape index (κ3) is 3.88. The van der Waals surface area contributed by atoms with Gasteiger partial charge in [-0.15, -0.1) is 0 Å². The number of carbonyl (C=O) groups is 1. The van der Waals surface area contributed by atoms with E-state index >= 15 is 0 Å². The minimum atomic E-state index is -0.328. The number of hydrogen-bond donors (Lipinski definition) is 1. The summed E-state index contributed by atoms with van der Waals surface area (Å²) in [7, 11) is 1.39. The van der Waals surface area contributed by atoms with E-state index in [0.717, 1.165) is 5.69 Å². The average Bonchev–Trinajstić information content (AvgIpc) is 2.52. The molecule has 0 radical (unpaired) electrons. The maximum Gasteiger partial charge on any atom is 0.339 e. The summed E-state index contributed by atoms with van der Waals surface area (Å²) >= 11 is 0. The van der Waals surface area contributed by atoms with Gasteiger partial charge in [0.1, 0.15) is 0 Å². The van der Waals surface area contributed by atoms with Gasteiger partial charge >= 0.3 is 5.97 Å². The van der Waals surface area contributed by atoms with Gasteiger partial charge in [0.15, 0.2) is 0 Å². The molecule has 0 aliphatic heterocycles. The average molecular weight is 297 g/mol. The van der Waals surface area contributed by atoms with Crippen LogP contribution in [0, 0.1) is 0 Å². The van der Waals surface area contributed by atoms with Crippen LogP contribution in [0.25, 0.3) is 0 Å².